The van der Waals surface area contributed by atoms with Gasteiger partial charge in [0.2, 0.25) is 0 Å². The molecule has 2 heterocycles. The molecule has 1 atom stereocenters. The van der Waals surface area contributed by atoms with Gasteiger partial charge in [-0.15, -0.1) is 0 Å². The zero-order valence-corrected chi connectivity index (χ0v) is 11.3. The van der Waals surface area contributed by atoms with Gasteiger partial charge < -0.3 is 15.2 Å². The minimum absolute atomic E-state index is 0.0185. The average Bonchev–Trinajstić information content (AvgIpc) is 2.48. The summed E-state index contributed by atoms with van der Waals surface area (Å²) in [5.74, 6) is 1.76. The second-order valence-electron chi connectivity index (χ2n) is 5.37. The molecule has 0 saturated carbocycles. The van der Waals surface area contributed by atoms with Crippen LogP contribution in [0.3, 0.4) is 0 Å². The summed E-state index contributed by atoms with van der Waals surface area (Å²) in [6.07, 6.45) is 3.95. The third-order valence-electron chi connectivity index (χ3n) is 3.88. The van der Waals surface area contributed by atoms with Gasteiger partial charge >= 0.3 is 0 Å². The number of likely N-dealkylation sites (tertiary alicyclic amines) is 1. The van der Waals surface area contributed by atoms with Crippen LogP contribution in [0.15, 0.2) is 18.2 Å². The Morgan fingerprint density at radius 1 is 1.21 bits per heavy atom. The minimum atomic E-state index is -0.0185. The number of rotatable bonds is 3. The Bertz CT molecular complexity index is 430. The van der Waals surface area contributed by atoms with Crippen molar-refractivity contribution in [1.29, 1.82) is 0 Å². The Morgan fingerprint density at radius 3 is 2.84 bits per heavy atom. The standard InChI is InChI=1S/C15H22N2O2/c16-9-13-11-18-14-6-4-5-12(15(14)19-13)10-17-7-2-1-3-8-17/h4-6,13H,1-3,7-11,16H2. The van der Waals surface area contributed by atoms with Crippen molar-refractivity contribution in [2.75, 3.05) is 26.2 Å². The van der Waals surface area contributed by atoms with E-state index in [1.165, 1.54) is 37.9 Å². The van der Waals surface area contributed by atoms with Gasteiger partial charge in [-0.05, 0) is 32.0 Å². The molecule has 1 saturated heterocycles. The van der Waals surface area contributed by atoms with Gasteiger partial charge in [0, 0.05) is 18.7 Å². The van der Waals surface area contributed by atoms with E-state index in [-0.39, 0.29) is 6.10 Å². The molecule has 4 heteroatoms. The lowest BCUT2D eigenvalue weighted by atomic mass is 10.1. The molecule has 0 radical (unpaired) electrons. The largest absolute Gasteiger partial charge is 0.486 e. The summed E-state index contributed by atoms with van der Waals surface area (Å²) >= 11 is 0. The Hall–Kier alpha value is -1.26. The summed E-state index contributed by atoms with van der Waals surface area (Å²) in [5.41, 5.74) is 6.90. The molecule has 104 valence electrons. The first-order chi connectivity index (χ1) is 9.36. The van der Waals surface area contributed by atoms with Crippen molar-refractivity contribution in [1.82, 2.24) is 4.90 Å². The van der Waals surface area contributed by atoms with Gasteiger partial charge in [0.1, 0.15) is 12.7 Å². The summed E-state index contributed by atoms with van der Waals surface area (Å²) in [5, 5.41) is 0. The molecule has 0 spiro atoms. The molecule has 1 aromatic rings. The van der Waals surface area contributed by atoms with Crippen LogP contribution in [0.5, 0.6) is 11.5 Å². The molecule has 2 N–H and O–H groups in total. The second-order valence-corrected chi connectivity index (χ2v) is 5.37. The van der Waals surface area contributed by atoms with Gasteiger partial charge in [0.25, 0.3) is 0 Å². The summed E-state index contributed by atoms with van der Waals surface area (Å²) in [4.78, 5) is 2.49. The first-order valence-electron chi connectivity index (χ1n) is 7.20. The van der Waals surface area contributed by atoms with Crippen molar-refractivity contribution in [3.63, 3.8) is 0 Å². The SMILES string of the molecule is NCC1COc2cccc(CN3CCCCC3)c2O1. The van der Waals surface area contributed by atoms with E-state index >= 15 is 0 Å². The molecule has 1 unspecified atom stereocenters. The van der Waals surface area contributed by atoms with Crippen LogP contribution in [0.4, 0.5) is 0 Å². The maximum Gasteiger partial charge on any atom is 0.166 e. The molecule has 0 amide bonds. The zero-order valence-electron chi connectivity index (χ0n) is 11.3. The van der Waals surface area contributed by atoms with Gasteiger partial charge in [-0.1, -0.05) is 18.6 Å². The highest BCUT2D eigenvalue weighted by Gasteiger charge is 2.23. The fraction of sp³-hybridized carbons (Fsp3) is 0.600. The monoisotopic (exact) mass is 262 g/mol. The summed E-state index contributed by atoms with van der Waals surface area (Å²) < 4.78 is 11.7. The van der Waals surface area contributed by atoms with E-state index in [0.717, 1.165) is 18.0 Å². The van der Waals surface area contributed by atoms with Crippen LogP contribution < -0.4 is 15.2 Å². The number of hydrogen-bond acceptors (Lipinski definition) is 4. The van der Waals surface area contributed by atoms with Crippen LogP contribution in [0.2, 0.25) is 0 Å². The predicted molar refractivity (Wildman–Crippen MR) is 74.5 cm³/mol. The van der Waals surface area contributed by atoms with Crippen LogP contribution >= 0.6 is 0 Å². The van der Waals surface area contributed by atoms with Crippen molar-refractivity contribution in [2.45, 2.75) is 31.9 Å². The number of nitrogens with zero attached hydrogens (tertiary/aromatic N) is 1. The van der Waals surface area contributed by atoms with Crippen LogP contribution in [0, 0.1) is 0 Å². The molecule has 2 aliphatic heterocycles. The lowest BCUT2D eigenvalue weighted by Crippen LogP contribution is -2.36. The fourth-order valence-corrected chi connectivity index (χ4v) is 2.79. The Morgan fingerprint density at radius 2 is 2.05 bits per heavy atom. The van der Waals surface area contributed by atoms with E-state index < -0.39 is 0 Å². The summed E-state index contributed by atoms with van der Waals surface area (Å²) in [7, 11) is 0. The Kier molecular flexibility index (Phi) is 3.89. The van der Waals surface area contributed by atoms with E-state index in [1.807, 2.05) is 12.1 Å². The van der Waals surface area contributed by atoms with Crippen LogP contribution in [-0.2, 0) is 6.54 Å². The quantitative estimate of drug-likeness (QED) is 0.902. The van der Waals surface area contributed by atoms with Crippen molar-refractivity contribution < 1.29 is 9.47 Å². The van der Waals surface area contributed by atoms with E-state index in [4.69, 9.17) is 15.2 Å². The molecular weight excluding hydrogens is 240 g/mol. The van der Waals surface area contributed by atoms with Crippen LogP contribution in [-0.4, -0.2) is 37.2 Å². The number of piperidine rings is 1. The number of ether oxygens (including phenoxy) is 2. The van der Waals surface area contributed by atoms with Gasteiger partial charge in [-0.3, -0.25) is 4.90 Å². The lowest BCUT2D eigenvalue weighted by Gasteiger charge is -2.30. The average molecular weight is 262 g/mol. The first kappa shape index (κ1) is 12.8. The van der Waals surface area contributed by atoms with Gasteiger partial charge in [0.15, 0.2) is 11.5 Å². The molecule has 3 rings (SSSR count). The maximum atomic E-state index is 5.98. The van der Waals surface area contributed by atoms with Gasteiger partial charge in [-0.25, -0.2) is 0 Å². The highest BCUT2D eigenvalue weighted by atomic mass is 16.6. The zero-order chi connectivity index (χ0) is 13.1. The third-order valence-corrected chi connectivity index (χ3v) is 3.88. The van der Waals surface area contributed by atoms with Crippen LogP contribution in [0.25, 0.3) is 0 Å². The molecule has 0 aliphatic carbocycles. The van der Waals surface area contributed by atoms with Crippen molar-refractivity contribution in [3.8, 4) is 11.5 Å². The molecule has 0 bridgehead atoms. The van der Waals surface area contributed by atoms with E-state index in [9.17, 15) is 0 Å². The first-order valence-corrected chi connectivity index (χ1v) is 7.20. The number of benzene rings is 1. The van der Waals surface area contributed by atoms with E-state index in [0.29, 0.717) is 13.2 Å². The Labute approximate surface area is 114 Å². The Balaban J connectivity index is 1.77. The van der Waals surface area contributed by atoms with E-state index in [2.05, 4.69) is 11.0 Å². The number of hydrogen-bond donors (Lipinski definition) is 1. The van der Waals surface area contributed by atoms with Crippen molar-refractivity contribution in [3.05, 3.63) is 23.8 Å². The highest BCUT2D eigenvalue weighted by molar-refractivity contribution is 5.47. The smallest absolute Gasteiger partial charge is 0.166 e. The highest BCUT2D eigenvalue weighted by Crippen LogP contribution is 2.36. The van der Waals surface area contributed by atoms with Crippen molar-refractivity contribution >= 4 is 0 Å². The third kappa shape index (κ3) is 2.85. The number of fused-ring (bicyclic) bond motifs is 1. The van der Waals surface area contributed by atoms with Crippen molar-refractivity contribution in [2.24, 2.45) is 5.73 Å². The molecule has 1 aromatic carbocycles. The molecule has 0 aromatic heterocycles. The molecule has 19 heavy (non-hydrogen) atoms. The normalized spacial score (nSPS) is 23.3. The maximum absolute atomic E-state index is 5.98. The number of para-hydroxylation sites is 1. The molecule has 1 fully saturated rings. The fourth-order valence-electron chi connectivity index (χ4n) is 2.79. The second kappa shape index (κ2) is 5.80. The minimum Gasteiger partial charge on any atom is -0.486 e. The van der Waals surface area contributed by atoms with E-state index in [1.54, 1.807) is 0 Å². The topological polar surface area (TPSA) is 47.7 Å². The summed E-state index contributed by atoms with van der Waals surface area (Å²) in [6.45, 7) is 4.37. The number of nitrogens with two attached hydrogens (primary N) is 1. The molecule has 4 nitrogen and oxygen atoms in total. The van der Waals surface area contributed by atoms with Crippen LogP contribution in [0.1, 0.15) is 24.8 Å². The summed E-state index contributed by atoms with van der Waals surface area (Å²) in [6, 6.07) is 6.15. The van der Waals surface area contributed by atoms with Gasteiger partial charge in [0.05, 0.1) is 0 Å². The van der Waals surface area contributed by atoms with Gasteiger partial charge in [-0.2, -0.15) is 0 Å². The molecular formula is C15H22N2O2. The molecule has 2 aliphatic rings. The lowest BCUT2D eigenvalue weighted by molar-refractivity contribution is 0.0935. The predicted octanol–water partition coefficient (Wildman–Crippen LogP) is 1.77.